The average molecular weight is 331 g/mol. The van der Waals surface area contributed by atoms with Crippen molar-refractivity contribution in [1.82, 2.24) is 5.32 Å². The van der Waals surface area contributed by atoms with Crippen LogP contribution in [0.1, 0.15) is 42.4 Å². The summed E-state index contributed by atoms with van der Waals surface area (Å²) in [4.78, 5) is 27.3. The van der Waals surface area contributed by atoms with Crippen LogP contribution >= 0.6 is 11.3 Å². The zero-order chi connectivity index (χ0) is 16.6. The molecule has 0 fully saturated rings. The van der Waals surface area contributed by atoms with Crippen molar-refractivity contribution in [3.8, 4) is 0 Å². The van der Waals surface area contributed by atoms with E-state index in [0.29, 0.717) is 12.0 Å². The van der Waals surface area contributed by atoms with Gasteiger partial charge in [0.1, 0.15) is 5.78 Å². The van der Waals surface area contributed by atoms with E-state index in [-0.39, 0.29) is 23.6 Å². The Hall–Kier alpha value is -1.88. The predicted octanol–water partition coefficient (Wildman–Crippen LogP) is 3.31. The van der Waals surface area contributed by atoms with E-state index in [9.17, 15) is 9.59 Å². The number of esters is 1. The zero-order valence-electron chi connectivity index (χ0n) is 13.6. The average Bonchev–Trinajstić information content (AvgIpc) is 3.02. The normalized spacial score (nSPS) is 24.0. The molecule has 0 bridgehead atoms. The number of methoxy groups -OCH3 is 1. The fourth-order valence-corrected chi connectivity index (χ4v) is 4.55. The third-order valence-electron chi connectivity index (χ3n) is 4.56. The van der Waals surface area contributed by atoms with Crippen LogP contribution in [0.4, 0.5) is 0 Å². The standard InChI is InChI=1S/C18H21NO3S/c1-4-11-8-9-14(23-11)17-15(18(21)22-3)10(2)19-12-6-5-7-13(20)16(12)17/h6,8-9,16-17,19H,4-5,7H2,1-3H3. The number of carbonyl (C=O) groups excluding carboxylic acids is 2. The maximum absolute atomic E-state index is 12.6. The minimum Gasteiger partial charge on any atom is -0.466 e. The number of aryl methyl sites for hydroxylation is 1. The Bertz CT molecular complexity index is 714. The minimum atomic E-state index is -0.358. The number of hydrogen-bond acceptors (Lipinski definition) is 5. The molecule has 1 aromatic rings. The largest absolute Gasteiger partial charge is 0.466 e. The third-order valence-corrected chi connectivity index (χ3v) is 5.87. The van der Waals surface area contributed by atoms with Gasteiger partial charge in [-0.2, -0.15) is 0 Å². The number of carbonyl (C=O) groups is 2. The molecule has 1 N–H and O–H groups in total. The Balaban J connectivity index is 2.15. The molecule has 2 heterocycles. The number of rotatable bonds is 3. The van der Waals surface area contributed by atoms with Gasteiger partial charge in [0.15, 0.2) is 0 Å². The van der Waals surface area contributed by atoms with Gasteiger partial charge in [0.05, 0.1) is 18.6 Å². The quantitative estimate of drug-likeness (QED) is 0.864. The first-order valence-corrected chi connectivity index (χ1v) is 8.76. The number of allylic oxidation sites excluding steroid dienone is 3. The molecule has 1 aliphatic heterocycles. The van der Waals surface area contributed by atoms with Gasteiger partial charge in [0, 0.05) is 33.5 Å². The van der Waals surface area contributed by atoms with Gasteiger partial charge in [-0.25, -0.2) is 4.79 Å². The van der Waals surface area contributed by atoms with E-state index >= 15 is 0 Å². The van der Waals surface area contributed by atoms with Gasteiger partial charge in [0.25, 0.3) is 0 Å². The van der Waals surface area contributed by atoms with E-state index in [0.717, 1.165) is 29.1 Å². The second kappa shape index (κ2) is 6.32. The van der Waals surface area contributed by atoms with Crippen LogP contribution in [0.25, 0.3) is 0 Å². The highest BCUT2D eigenvalue weighted by Gasteiger charge is 2.43. The van der Waals surface area contributed by atoms with Crippen molar-refractivity contribution in [2.45, 2.75) is 39.0 Å². The molecule has 2 unspecified atom stereocenters. The van der Waals surface area contributed by atoms with Crippen LogP contribution in [0.5, 0.6) is 0 Å². The Kier molecular flexibility index (Phi) is 4.39. The molecule has 23 heavy (non-hydrogen) atoms. The fraction of sp³-hybridized carbons (Fsp3) is 0.444. The summed E-state index contributed by atoms with van der Waals surface area (Å²) in [5, 5.41) is 3.26. The second-order valence-electron chi connectivity index (χ2n) is 5.93. The lowest BCUT2D eigenvalue weighted by atomic mass is 9.73. The van der Waals surface area contributed by atoms with Crippen molar-refractivity contribution in [3.63, 3.8) is 0 Å². The second-order valence-corrected chi connectivity index (χ2v) is 7.13. The maximum atomic E-state index is 12.6. The van der Waals surface area contributed by atoms with Gasteiger partial charge in [-0.05, 0) is 31.9 Å². The summed E-state index contributed by atoms with van der Waals surface area (Å²) in [5.41, 5.74) is 2.29. The number of fused-ring (bicyclic) bond motifs is 1. The van der Waals surface area contributed by atoms with Gasteiger partial charge < -0.3 is 10.1 Å². The highest BCUT2D eigenvalue weighted by Crippen LogP contribution is 2.45. The van der Waals surface area contributed by atoms with Crippen LogP contribution in [0.2, 0.25) is 0 Å². The molecule has 5 heteroatoms. The lowest BCUT2D eigenvalue weighted by molar-refractivity contribution is -0.136. The molecular formula is C18H21NO3S. The Morgan fingerprint density at radius 2 is 2.17 bits per heavy atom. The number of Topliss-reactive ketones (excluding diaryl/α,β-unsaturated/α-hetero) is 1. The molecule has 2 aliphatic rings. The van der Waals surface area contributed by atoms with Gasteiger partial charge in [-0.3, -0.25) is 4.79 Å². The van der Waals surface area contributed by atoms with E-state index < -0.39 is 0 Å². The lowest BCUT2D eigenvalue weighted by Crippen LogP contribution is -2.40. The van der Waals surface area contributed by atoms with Crippen LogP contribution in [0, 0.1) is 5.92 Å². The molecule has 1 aliphatic carbocycles. The van der Waals surface area contributed by atoms with Crippen molar-refractivity contribution in [2.24, 2.45) is 5.92 Å². The Labute approximate surface area is 140 Å². The maximum Gasteiger partial charge on any atom is 0.336 e. The summed E-state index contributed by atoms with van der Waals surface area (Å²) in [5.74, 6) is -0.706. The van der Waals surface area contributed by atoms with Crippen molar-refractivity contribution in [2.75, 3.05) is 7.11 Å². The zero-order valence-corrected chi connectivity index (χ0v) is 14.5. The topological polar surface area (TPSA) is 55.4 Å². The number of hydrogen-bond donors (Lipinski definition) is 1. The highest BCUT2D eigenvalue weighted by atomic mass is 32.1. The highest BCUT2D eigenvalue weighted by molar-refractivity contribution is 7.12. The third kappa shape index (κ3) is 2.74. The monoisotopic (exact) mass is 331 g/mol. The summed E-state index contributed by atoms with van der Waals surface area (Å²) in [6.45, 7) is 3.99. The van der Waals surface area contributed by atoms with Gasteiger partial charge in [-0.1, -0.05) is 13.0 Å². The first-order valence-electron chi connectivity index (χ1n) is 7.94. The summed E-state index contributed by atoms with van der Waals surface area (Å²) >= 11 is 1.68. The molecule has 0 aromatic carbocycles. The molecule has 0 saturated heterocycles. The number of thiophene rings is 1. The molecule has 0 radical (unpaired) electrons. The molecule has 2 atom stereocenters. The summed E-state index contributed by atoms with van der Waals surface area (Å²) in [7, 11) is 1.39. The van der Waals surface area contributed by atoms with E-state index in [2.05, 4.69) is 30.4 Å². The minimum absolute atomic E-state index is 0.195. The Morgan fingerprint density at radius 1 is 1.39 bits per heavy atom. The first kappa shape index (κ1) is 16.0. The van der Waals surface area contributed by atoms with E-state index in [1.165, 1.54) is 12.0 Å². The molecular weight excluding hydrogens is 310 g/mol. The molecule has 122 valence electrons. The predicted molar refractivity (Wildman–Crippen MR) is 90.1 cm³/mol. The van der Waals surface area contributed by atoms with E-state index in [1.54, 1.807) is 11.3 Å². The Morgan fingerprint density at radius 3 is 2.83 bits per heavy atom. The lowest BCUT2D eigenvalue weighted by Gasteiger charge is -2.37. The number of ether oxygens (including phenoxy) is 1. The van der Waals surface area contributed by atoms with Crippen LogP contribution in [-0.2, 0) is 20.7 Å². The van der Waals surface area contributed by atoms with Crippen LogP contribution < -0.4 is 5.32 Å². The molecule has 1 aromatic heterocycles. The van der Waals surface area contributed by atoms with Crippen molar-refractivity contribution >= 4 is 23.1 Å². The SMILES string of the molecule is CCc1ccc(C2C(C(=O)OC)=C(C)NC3=CCCC(=O)C32)s1. The molecule has 0 saturated carbocycles. The van der Waals surface area contributed by atoms with Crippen molar-refractivity contribution < 1.29 is 14.3 Å². The summed E-state index contributed by atoms with van der Waals surface area (Å²) in [6.07, 6.45) is 4.33. The van der Waals surface area contributed by atoms with Crippen LogP contribution in [0.15, 0.2) is 35.2 Å². The van der Waals surface area contributed by atoms with E-state index in [1.807, 2.05) is 6.92 Å². The molecule has 0 spiro atoms. The van der Waals surface area contributed by atoms with Crippen molar-refractivity contribution in [1.29, 1.82) is 0 Å². The fourth-order valence-electron chi connectivity index (χ4n) is 3.45. The van der Waals surface area contributed by atoms with Gasteiger partial charge in [0.2, 0.25) is 0 Å². The van der Waals surface area contributed by atoms with Gasteiger partial charge in [-0.15, -0.1) is 11.3 Å². The smallest absolute Gasteiger partial charge is 0.336 e. The van der Waals surface area contributed by atoms with Crippen molar-refractivity contribution in [3.05, 3.63) is 44.9 Å². The van der Waals surface area contributed by atoms with E-state index in [4.69, 9.17) is 4.74 Å². The number of nitrogens with one attached hydrogen (secondary N) is 1. The molecule has 0 amide bonds. The van der Waals surface area contributed by atoms with Crippen LogP contribution in [-0.4, -0.2) is 18.9 Å². The molecule has 4 nitrogen and oxygen atoms in total. The summed E-state index contributed by atoms with van der Waals surface area (Å²) < 4.78 is 5.00. The first-order chi connectivity index (χ1) is 11.1. The van der Waals surface area contributed by atoms with Crippen LogP contribution in [0.3, 0.4) is 0 Å². The van der Waals surface area contributed by atoms with Gasteiger partial charge >= 0.3 is 5.97 Å². The molecule has 3 rings (SSSR count). The number of ketones is 1. The summed E-state index contributed by atoms with van der Waals surface area (Å²) in [6, 6.07) is 4.14.